The number of aryl methyl sites for hydroxylation is 1. The van der Waals surface area contributed by atoms with Crippen molar-refractivity contribution in [1.82, 2.24) is 15.1 Å². The van der Waals surface area contributed by atoms with Gasteiger partial charge < -0.3 is 10.4 Å². The van der Waals surface area contributed by atoms with Crippen molar-refractivity contribution in [3.8, 4) is 5.69 Å². The quantitative estimate of drug-likeness (QED) is 0.851. The highest BCUT2D eigenvalue weighted by atomic mass is 16.4. The molecule has 1 fully saturated rings. The van der Waals surface area contributed by atoms with Gasteiger partial charge in [-0.3, -0.25) is 9.59 Å². The van der Waals surface area contributed by atoms with Crippen molar-refractivity contribution >= 4 is 11.9 Å². The summed E-state index contributed by atoms with van der Waals surface area (Å²) in [6.45, 7) is 2.12. The molecular weight excluding hydrogens is 342 g/mol. The van der Waals surface area contributed by atoms with Crippen LogP contribution in [-0.2, 0) is 24.1 Å². The van der Waals surface area contributed by atoms with Gasteiger partial charge in [-0.1, -0.05) is 25.5 Å². The van der Waals surface area contributed by atoms with Crippen molar-refractivity contribution in [1.29, 1.82) is 0 Å². The van der Waals surface area contributed by atoms with Crippen LogP contribution in [0.3, 0.4) is 0 Å². The topological polar surface area (TPSA) is 84.2 Å². The molecule has 1 aromatic heterocycles. The highest BCUT2D eigenvalue weighted by Crippen LogP contribution is 2.30. The van der Waals surface area contributed by atoms with Crippen LogP contribution >= 0.6 is 0 Å². The molecule has 1 saturated carbocycles. The summed E-state index contributed by atoms with van der Waals surface area (Å²) < 4.78 is 1.89. The first kappa shape index (κ1) is 17.8. The summed E-state index contributed by atoms with van der Waals surface area (Å²) >= 11 is 0. The van der Waals surface area contributed by atoms with E-state index in [1.165, 1.54) is 5.56 Å². The maximum absolute atomic E-state index is 12.9. The summed E-state index contributed by atoms with van der Waals surface area (Å²) in [6.07, 6.45) is 5.92. The van der Waals surface area contributed by atoms with Crippen LogP contribution < -0.4 is 5.32 Å². The Bertz CT molecular complexity index is 870. The molecule has 1 aromatic carbocycles. The molecule has 2 aliphatic rings. The molecule has 2 aromatic rings. The predicted molar refractivity (Wildman–Crippen MR) is 101 cm³/mol. The van der Waals surface area contributed by atoms with E-state index in [2.05, 4.69) is 29.5 Å². The summed E-state index contributed by atoms with van der Waals surface area (Å²) in [5.74, 6) is -1.56. The van der Waals surface area contributed by atoms with E-state index >= 15 is 0 Å². The molecule has 6 heteroatoms. The Hall–Kier alpha value is -2.63. The number of aromatic nitrogens is 2. The fourth-order valence-electron chi connectivity index (χ4n) is 4.37. The van der Waals surface area contributed by atoms with Crippen LogP contribution in [0, 0.1) is 5.92 Å². The zero-order chi connectivity index (χ0) is 19.0. The normalized spacial score (nSPS) is 21.2. The molecule has 27 heavy (non-hydrogen) atoms. The molecule has 2 atom stereocenters. The van der Waals surface area contributed by atoms with Gasteiger partial charge in [0.05, 0.1) is 11.6 Å². The van der Waals surface area contributed by atoms with E-state index in [4.69, 9.17) is 0 Å². The minimum Gasteiger partial charge on any atom is -0.481 e. The Morgan fingerprint density at radius 1 is 1.19 bits per heavy atom. The average Bonchev–Trinajstić information content (AvgIpc) is 3.38. The molecule has 2 N–H and O–H groups in total. The van der Waals surface area contributed by atoms with Crippen molar-refractivity contribution < 1.29 is 14.7 Å². The summed E-state index contributed by atoms with van der Waals surface area (Å²) in [6, 6.07) is 7.97. The summed E-state index contributed by atoms with van der Waals surface area (Å²) in [7, 11) is 0. The van der Waals surface area contributed by atoms with Crippen LogP contribution in [-0.4, -0.2) is 32.8 Å². The van der Waals surface area contributed by atoms with E-state index in [1.807, 2.05) is 16.8 Å². The monoisotopic (exact) mass is 367 g/mol. The van der Waals surface area contributed by atoms with Crippen molar-refractivity contribution in [3.05, 3.63) is 46.8 Å². The lowest BCUT2D eigenvalue weighted by atomic mass is 10.0. The zero-order valence-corrected chi connectivity index (χ0v) is 15.6. The SMILES string of the molecule is CCc1ccc(-n2nc(C(=O)N[C@@H]3CCC[C@@H]3C(=O)O)c3c2CCC3)cc1. The van der Waals surface area contributed by atoms with Gasteiger partial charge in [0, 0.05) is 17.3 Å². The van der Waals surface area contributed by atoms with E-state index in [1.54, 1.807) is 0 Å². The van der Waals surface area contributed by atoms with Crippen LogP contribution in [0.4, 0.5) is 0 Å². The van der Waals surface area contributed by atoms with Gasteiger partial charge in [0.15, 0.2) is 5.69 Å². The van der Waals surface area contributed by atoms with Crippen molar-refractivity contribution in [2.45, 2.75) is 57.9 Å². The number of carbonyl (C=O) groups is 2. The number of aliphatic carboxylic acids is 1. The minimum atomic E-state index is -0.829. The number of fused-ring (bicyclic) bond motifs is 1. The van der Waals surface area contributed by atoms with Crippen molar-refractivity contribution in [2.24, 2.45) is 5.92 Å². The summed E-state index contributed by atoms with van der Waals surface area (Å²) in [5.41, 5.74) is 4.80. The molecule has 6 nitrogen and oxygen atoms in total. The van der Waals surface area contributed by atoms with Crippen LogP contribution in [0.15, 0.2) is 24.3 Å². The number of nitrogens with zero attached hydrogens (tertiary/aromatic N) is 2. The predicted octanol–water partition coefficient (Wildman–Crippen LogP) is 2.91. The molecule has 0 radical (unpaired) electrons. The van der Waals surface area contributed by atoms with E-state index < -0.39 is 11.9 Å². The molecular formula is C21H25N3O3. The van der Waals surface area contributed by atoms with Gasteiger partial charge in [0.25, 0.3) is 5.91 Å². The van der Waals surface area contributed by atoms with Gasteiger partial charge in [0.2, 0.25) is 0 Å². The van der Waals surface area contributed by atoms with Crippen molar-refractivity contribution in [3.63, 3.8) is 0 Å². The highest BCUT2D eigenvalue weighted by molar-refractivity contribution is 5.95. The third-order valence-corrected chi connectivity index (χ3v) is 5.88. The Morgan fingerprint density at radius 3 is 2.67 bits per heavy atom. The molecule has 0 bridgehead atoms. The first-order valence-corrected chi connectivity index (χ1v) is 9.82. The molecule has 4 rings (SSSR count). The van der Waals surface area contributed by atoms with Crippen LogP contribution in [0.2, 0.25) is 0 Å². The second-order valence-corrected chi connectivity index (χ2v) is 7.51. The number of hydrogen-bond acceptors (Lipinski definition) is 3. The number of carboxylic acid groups (broad SMARTS) is 1. The number of carboxylic acids is 1. The van der Waals surface area contributed by atoms with Gasteiger partial charge in [-0.05, 0) is 56.2 Å². The number of rotatable bonds is 5. The smallest absolute Gasteiger partial charge is 0.308 e. The standard InChI is InChI=1S/C21H25N3O3/c1-2-13-9-11-14(12-10-13)24-18-8-4-6-16(18)19(23-24)20(25)22-17-7-3-5-15(17)21(26)27/h9-12,15,17H,2-8H2,1H3,(H,22,25)(H,26,27)/t15-,17+/m0/s1. The molecule has 1 amide bonds. The number of hydrogen-bond donors (Lipinski definition) is 2. The van der Waals surface area contributed by atoms with Gasteiger partial charge in [0.1, 0.15) is 0 Å². The number of amides is 1. The third kappa shape index (κ3) is 3.24. The van der Waals surface area contributed by atoms with Gasteiger partial charge in [-0.25, -0.2) is 4.68 Å². The molecule has 1 heterocycles. The molecule has 142 valence electrons. The molecule has 0 spiro atoms. The van der Waals surface area contributed by atoms with Gasteiger partial charge in [-0.2, -0.15) is 5.10 Å². The van der Waals surface area contributed by atoms with Gasteiger partial charge >= 0.3 is 5.97 Å². The maximum atomic E-state index is 12.9. The van der Waals surface area contributed by atoms with Crippen molar-refractivity contribution in [2.75, 3.05) is 0 Å². The Kier molecular flexibility index (Phi) is 4.72. The fraction of sp³-hybridized carbons (Fsp3) is 0.476. The number of carbonyl (C=O) groups excluding carboxylic acids is 1. The summed E-state index contributed by atoms with van der Waals surface area (Å²) in [4.78, 5) is 24.3. The van der Waals surface area contributed by atoms with E-state index in [0.29, 0.717) is 18.5 Å². The second-order valence-electron chi connectivity index (χ2n) is 7.51. The zero-order valence-electron chi connectivity index (χ0n) is 15.6. The van der Waals surface area contributed by atoms with E-state index in [-0.39, 0.29) is 11.9 Å². The highest BCUT2D eigenvalue weighted by Gasteiger charge is 2.35. The largest absolute Gasteiger partial charge is 0.481 e. The average molecular weight is 367 g/mol. The summed E-state index contributed by atoms with van der Waals surface area (Å²) in [5, 5.41) is 16.9. The Morgan fingerprint density at radius 2 is 1.96 bits per heavy atom. The number of nitrogens with one attached hydrogen (secondary N) is 1. The fourth-order valence-corrected chi connectivity index (χ4v) is 4.37. The minimum absolute atomic E-state index is 0.241. The lowest BCUT2D eigenvalue weighted by Crippen LogP contribution is -2.40. The molecule has 0 aliphatic heterocycles. The Labute approximate surface area is 158 Å². The molecule has 0 unspecified atom stereocenters. The second kappa shape index (κ2) is 7.18. The Balaban J connectivity index is 1.62. The van der Waals surface area contributed by atoms with Crippen LogP contribution in [0.1, 0.15) is 59.9 Å². The third-order valence-electron chi connectivity index (χ3n) is 5.88. The molecule has 0 saturated heterocycles. The van der Waals surface area contributed by atoms with Gasteiger partial charge in [-0.15, -0.1) is 0 Å². The lowest BCUT2D eigenvalue weighted by Gasteiger charge is -2.17. The first-order chi connectivity index (χ1) is 13.1. The first-order valence-electron chi connectivity index (χ1n) is 9.82. The number of benzene rings is 1. The van der Waals surface area contributed by atoms with E-state index in [0.717, 1.165) is 49.0 Å². The van der Waals surface area contributed by atoms with Crippen LogP contribution in [0.5, 0.6) is 0 Å². The van der Waals surface area contributed by atoms with Crippen LogP contribution in [0.25, 0.3) is 5.69 Å². The molecule has 2 aliphatic carbocycles. The maximum Gasteiger partial charge on any atom is 0.308 e. The van der Waals surface area contributed by atoms with E-state index in [9.17, 15) is 14.7 Å². The lowest BCUT2D eigenvalue weighted by molar-refractivity contribution is -0.142.